The van der Waals surface area contributed by atoms with Crippen LogP contribution >= 0.6 is 0 Å². The van der Waals surface area contributed by atoms with E-state index < -0.39 is 11.2 Å². The summed E-state index contributed by atoms with van der Waals surface area (Å²) >= 11 is 0. The first kappa shape index (κ1) is 23.0. The van der Waals surface area contributed by atoms with E-state index in [0.717, 1.165) is 11.3 Å². The van der Waals surface area contributed by atoms with Crippen molar-refractivity contribution < 1.29 is 23.8 Å². The smallest absolute Gasteiger partial charge is 0.307 e. The number of ether oxygens (including phenoxy) is 3. The molecule has 1 aromatic carbocycles. The van der Waals surface area contributed by atoms with Gasteiger partial charge < -0.3 is 19.5 Å². The van der Waals surface area contributed by atoms with Crippen LogP contribution in [0.2, 0.25) is 0 Å². The van der Waals surface area contributed by atoms with Gasteiger partial charge in [0.05, 0.1) is 20.0 Å². The fourth-order valence-electron chi connectivity index (χ4n) is 2.39. The first-order valence-corrected chi connectivity index (χ1v) is 9.18. The quantitative estimate of drug-likeness (QED) is 0.696. The Morgan fingerprint density at radius 3 is 1.70 bits per heavy atom. The highest BCUT2D eigenvalue weighted by atomic mass is 16.6. The third-order valence-corrected chi connectivity index (χ3v) is 3.42. The van der Waals surface area contributed by atoms with Crippen molar-refractivity contribution in [1.29, 1.82) is 0 Å². The van der Waals surface area contributed by atoms with E-state index in [9.17, 15) is 9.59 Å². The van der Waals surface area contributed by atoms with Crippen LogP contribution in [0.5, 0.6) is 5.75 Å². The second-order valence-corrected chi connectivity index (χ2v) is 8.51. The third kappa shape index (κ3) is 10.6. The van der Waals surface area contributed by atoms with Crippen molar-refractivity contribution in [2.45, 2.75) is 78.2 Å². The molecule has 152 valence electrons. The van der Waals surface area contributed by atoms with Crippen LogP contribution in [-0.4, -0.2) is 36.3 Å². The van der Waals surface area contributed by atoms with Crippen molar-refractivity contribution in [3.63, 3.8) is 0 Å². The molecule has 0 fully saturated rings. The van der Waals surface area contributed by atoms with E-state index >= 15 is 0 Å². The van der Waals surface area contributed by atoms with Crippen LogP contribution in [0.25, 0.3) is 0 Å². The van der Waals surface area contributed by atoms with E-state index in [1.54, 1.807) is 7.11 Å². The Morgan fingerprint density at radius 2 is 1.33 bits per heavy atom. The van der Waals surface area contributed by atoms with Crippen molar-refractivity contribution in [2.24, 2.45) is 0 Å². The minimum Gasteiger partial charge on any atom is -0.497 e. The molecular weight excluding hydrogens is 346 g/mol. The molecule has 0 unspecified atom stereocenters. The fourth-order valence-corrected chi connectivity index (χ4v) is 2.39. The van der Waals surface area contributed by atoms with Gasteiger partial charge in [-0.3, -0.25) is 9.59 Å². The molecular formula is C21H33NO5. The van der Waals surface area contributed by atoms with E-state index in [4.69, 9.17) is 14.2 Å². The molecule has 1 N–H and O–H groups in total. The summed E-state index contributed by atoms with van der Waals surface area (Å²) in [5.41, 5.74) is -0.109. The highest BCUT2D eigenvalue weighted by molar-refractivity contribution is 5.74. The maximum atomic E-state index is 12.2. The number of hydrogen-bond acceptors (Lipinski definition) is 6. The van der Waals surface area contributed by atoms with E-state index in [1.807, 2.05) is 65.8 Å². The van der Waals surface area contributed by atoms with Gasteiger partial charge in [-0.1, -0.05) is 12.1 Å². The fraction of sp³-hybridized carbons (Fsp3) is 0.619. The van der Waals surface area contributed by atoms with Crippen LogP contribution in [-0.2, 0) is 25.6 Å². The molecule has 0 aliphatic rings. The van der Waals surface area contributed by atoms with Crippen LogP contribution in [0.3, 0.4) is 0 Å². The van der Waals surface area contributed by atoms with Gasteiger partial charge in [-0.15, -0.1) is 0 Å². The van der Waals surface area contributed by atoms with Crippen LogP contribution in [0, 0.1) is 0 Å². The molecule has 6 heteroatoms. The third-order valence-electron chi connectivity index (χ3n) is 3.42. The lowest BCUT2D eigenvalue weighted by Crippen LogP contribution is -2.37. The van der Waals surface area contributed by atoms with E-state index in [0.29, 0.717) is 6.54 Å². The Balaban J connectivity index is 2.73. The summed E-state index contributed by atoms with van der Waals surface area (Å²) in [7, 11) is 1.62. The standard InChI is InChI=1S/C21H33NO5/c1-20(2,3)26-18(23)12-16(13-19(24)27-21(4,5)6)22-14-15-8-10-17(25-7)11-9-15/h8-11,16,22H,12-14H2,1-7H3. The molecule has 6 nitrogen and oxygen atoms in total. The number of benzene rings is 1. The summed E-state index contributed by atoms with van der Waals surface area (Å²) in [5.74, 6) is 0.0781. The summed E-state index contributed by atoms with van der Waals surface area (Å²) in [6, 6.07) is 7.23. The Kier molecular flexibility index (Phi) is 8.28. The number of esters is 2. The highest BCUT2D eigenvalue weighted by Crippen LogP contribution is 2.15. The number of nitrogens with one attached hydrogen (secondary N) is 1. The van der Waals surface area contributed by atoms with E-state index in [1.165, 1.54) is 0 Å². The number of rotatable bonds is 8. The van der Waals surface area contributed by atoms with Crippen LogP contribution < -0.4 is 10.1 Å². The minimum absolute atomic E-state index is 0.0899. The molecule has 27 heavy (non-hydrogen) atoms. The lowest BCUT2D eigenvalue weighted by Gasteiger charge is -2.24. The number of carbonyl (C=O) groups excluding carboxylic acids is 2. The van der Waals surface area contributed by atoms with Gasteiger partial charge >= 0.3 is 11.9 Å². The van der Waals surface area contributed by atoms with Gasteiger partial charge in [0.15, 0.2) is 0 Å². The van der Waals surface area contributed by atoms with Gasteiger partial charge in [-0.2, -0.15) is 0 Å². The molecule has 0 atom stereocenters. The Morgan fingerprint density at radius 1 is 0.889 bits per heavy atom. The lowest BCUT2D eigenvalue weighted by atomic mass is 10.1. The summed E-state index contributed by atoms with van der Waals surface area (Å²) in [6.45, 7) is 11.4. The summed E-state index contributed by atoms with van der Waals surface area (Å²) in [6.07, 6.45) is 0.180. The normalized spacial score (nSPS) is 12.0. The molecule has 0 aliphatic carbocycles. The molecule has 0 saturated heterocycles. The van der Waals surface area contributed by atoms with Crippen LogP contribution in [0.1, 0.15) is 59.9 Å². The molecule has 0 radical (unpaired) electrons. The van der Waals surface area contributed by atoms with Crippen molar-refractivity contribution >= 4 is 11.9 Å². The zero-order chi connectivity index (χ0) is 20.7. The van der Waals surface area contributed by atoms with Gasteiger partial charge in [0.2, 0.25) is 0 Å². The maximum absolute atomic E-state index is 12.2. The minimum atomic E-state index is -0.566. The number of carbonyl (C=O) groups is 2. The second-order valence-electron chi connectivity index (χ2n) is 8.51. The summed E-state index contributed by atoms with van der Waals surface area (Å²) in [5, 5.41) is 3.26. The van der Waals surface area contributed by atoms with Crippen LogP contribution in [0.15, 0.2) is 24.3 Å². The number of hydrogen-bond donors (Lipinski definition) is 1. The summed E-state index contributed by atoms with van der Waals surface area (Å²) in [4.78, 5) is 24.4. The lowest BCUT2D eigenvalue weighted by molar-refractivity contribution is -0.157. The number of methoxy groups -OCH3 is 1. The maximum Gasteiger partial charge on any atom is 0.307 e. The van der Waals surface area contributed by atoms with Gasteiger partial charge in [-0.05, 0) is 59.2 Å². The average molecular weight is 379 g/mol. The van der Waals surface area contributed by atoms with Crippen molar-refractivity contribution in [2.75, 3.05) is 7.11 Å². The Bertz CT molecular complexity index is 581. The highest BCUT2D eigenvalue weighted by Gasteiger charge is 2.25. The molecule has 1 rings (SSSR count). The average Bonchev–Trinajstić information content (AvgIpc) is 2.49. The predicted molar refractivity (Wildman–Crippen MR) is 105 cm³/mol. The van der Waals surface area contributed by atoms with E-state index in [2.05, 4.69) is 5.32 Å². The van der Waals surface area contributed by atoms with Crippen molar-refractivity contribution in [1.82, 2.24) is 5.32 Å². The van der Waals surface area contributed by atoms with Crippen molar-refractivity contribution in [3.05, 3.63) is 29.8 Å². The van der Waals surface area contributed by atoms with E-state index in [-0.39, 0.29) is 30.8 Å². The molecule has 0 saturated carbocycles. The van der Waals surface area contributed by atoms with Crippen molar-refractivity contribution in [3.8, 4) is 5.75 Å². The molecule has 0 aliphatic heterocycles. The van der Waals surface area contributed by atoms with Gasteiger partial charge in [0, 0.05) is 12.6 Å². The predicted octanol–water partition coefficient (Wildman–Crippen LogP) is 3.62. The van der Waals surface area contributed by atoms with Gasteiger partial charge in [0.25, 0.3) is 0 Å². The SMILES string of the molecule is COc1ccc(CNC(CC(=O)OC(C)(C)C)CC(=O)OC(C)(C)C)cc1. The first-order valence-electron chi connectivity index (χ1n) is 9.18. The van der Waals surface area contributed by atoms with Crippen LogP contribution in [0.4, 0.5) is 0 Å². The molecule has 1 aromatic rings. The monoisotopic (exact) mass is 379 g/mol. The summed E-state index contributed by atoms with van der Waals surface area (Å²) < 4.78 is 15.9. The topological polar surface area (TPSA) is 73.9 Å². The largest absolute Gasteiger partial charge is 0.497 e. The Labute approximate surface area is 162 Å². The molecule has 0 bridgehead atoms. The Hall–Kier alpha value is -2.08. The molecule has 0 amide bonds. The molecule has 0 spiro atoms. The molecule has 0 heterocycles. The second kappa shape index (κ2) is 9.74. The van der Waals surface area contributed by atoms with Gasteiger partial charge in [0.1, 0.15) is 17.0 Å². The first-order chi connectivity index (χ1) is 12.4. The van der Waals surface area contributed by atoms with Gasteiger partial charge in [-0.25, -0.2) is 0 Å². The zero-order valence-electron chi connectivity index (χ0n) is 17.5. The zero-order valence-corrected chi connectivity index (χ0v) is 17.5. The molecule has 0 aromatic heterocycles.